The van der Waals surface area contributed by atoms with Gasteiger partial charge in [0.2, 0.25) is 0 Å². The third-order valence-corrected chi connectivity index (χ3v) is 1.34. The molecule has 0 atom stereocenters. The van der Waals surface area contributed by atoms with Crippen LogP contribution in [-0.4, -0.2) is 17.4 Å². The van der Waals surface area contributed by atoms with E-state index in [1.54, 1.807) is 13.2 Å². The molecule has 1 aliphatic heterocycles. The molecular formula is C8H12BrO3VW-. The minimum absolute atomic E-state index is 0. The third kappa shape index (κ3) is 15.7. The van der Waals surface area contributed by atoms with E-state index in [1.807, 2.05) is 0 Å². The first-order chi connectivity index (χ1) is 5.66. The van der Waals surface area contributed by atoms with Crippen LogP contribution in [0.2, 0.25) is 0 Å². The number of halogens is 1. The minimum Gasteiger partial charge on any atom is -0.533 e. The van der Waals surface area contributed by atoms with Gasteiger partial charge in [0, 0.05) is 23.9 Å². The Bertz CT molecular complexity index is 128. The summed E-state index contributed by atoms with van der Waals surface area (Å²) in [7, 11) is 0. The van der Waals surface area contributed by atoms with Crippen molar-refractivity contribution in [3.8, 4) is 0 Å². The fourth-order valence-electron chi connectivity index (χ4n) is 0.470. The Labute approximate surface area is 120 Å². The second-order valence-corrected chi connectivity index (χ2v) is 2.77. The van der Waals surface area contributed by atoms with Crippen LogP contribution < -0.4 is 0 Å². The zero-order chi connectivity index (χ0) is 9.40. The predicted molar refractivity (Wildman–Crippen MR) is 49.0 cm³/mol. The standard InChI is InChI=1S/C5H7BrO2.C3H5O.V.W/c6-4-5-7-2-1-3-8-5;1-3(2)4;;/h2-3,5H,1,4H2;1H2,2H3;;/q-2;-1;;+2. The van der Waals surface area contributed by atoms with Crippen LogP contribution in [0.15, 0.2) is 0 Å². The fourth-order valence-corrected chi connectivity index (χ4v) is 0.775. The van der Waals surface area contributed by atoms with Crippen molar-refractivity contribution < 1.29 is 53.9 Å². The number of alkyl halides is 1. The molecule has 1 aliphatic rings. The topological polar surface area (TPSA) is 35.5 Å². The Kier molecular flexibility index (Phi) is 20.9. The van der Waals surface area contributed by atoms with E-state index in [-0.39, 0.29) is 51.7 Å². The van der Waals surface area contributed by atoms with Gasteiger partial charge in [-0.2, -0.15) is 0 Å². The van der Waals surface area contributed by atoms with Gasteiger partial charge in [-0.05, 0) is 12.7 Å². The average molecular weight is 471 g/mol. The van der Waals surface area contributed by atoms with Crippen LogP contribution in [0, 0.1) is 20.1 Å². The molecule has 1 fully saturated rings. The van der Waals surface area contributed by atoms with Crippen molar-refractivity contribution in [2.75, 3.05) is 5.33 Å². The second-order valence-electron chi connectivity index (χ2n) is 2.13. The number of ketones is 1. The maximum absolute atomic E-state index is 9.33. The Hall–Kier alpha value is 1.21. The molecule has 3 nitrogen and oxygen atoms in total. The molecule has 14 heavy (non-hydrogen) atoms. The Morgan fingerprint density at radius 3 is 2.14 bits per heavy atom. The summed E-state index contributed by atoms with van der Waals surface area (Å²) in [6.07, 6.45) is 0.674. The van der Waals surface area contributed by atoms with Gasteiger partial charge in [0.05, 0.1) is 0 Å². The summed E-state index contributed by atoms with van der Waals surface area (Å²) in [6, 6.07) is 0. The number of carbonyl (C=O) groups excluding carboxylic acids is 1. The molecular weight excluding hydrogens is 459 g/mol. The molecule has 1 radical (unpaired) electrons. The van der Waals surface area contributed by atoms with Gasteiger partial charge in [-0.3, -0.25) is 6.42 Å². The molecule has 0 N–H and O–H groups in total. The van der Waals surface area contributed by atoms with Crippen molar-refractivity contribution in [3.63, 3.8) is 0 Å². The van der Waals surface area contributed by atoms with E-state index >= 15 is 0 Å². The van der Waals surface area contributed by atoms with Crippen LogP contribution in [0.3, 0.4) is 0 Å². The summed E-state index contributed by atoms with van der Waals surface area (Å²) in [4.78, 5) is 9.33. The maximum Gasteiger partial charge on any atom is 2.00 e. The minimum atomic E-state index is -0.108. The number of hydrogen-bond donors (Lipinski definition) is 0. The van der Waals surface area contributed by atoms with Gasteiger partial charge < -0.3 is 21.2 Å². The largest absolute Gasteiger partial charge is 2.00 e. The van der Waals surface area contributed by atoms with E-state index < -0.39 is 0 Å². The van der Waals surface area contributed by atoms with Crippen LogP contribution in [0.1, 0.15) is 13.3 Å². The molecule has 0 saturated carbocycles. The molecule has 6 heteroatoms. The molecule has 0 aromatic rings. The third-order valence-electron chi connectivity index (χ3n) is 0.814. The molecule has 1 rings (SSSR count). The van der Waals surface area contributed by atoms with Crippen LogP contribution in [0.5, 0.6) is 0 Å². The first kappa shape index (κ1) is 20.6. The number of carbonyl (C=O) groups is 1. The fraction of sp³-hybridized carbons (Fsp3) is 0.500. The smallest absolute Gasteiger partial charge is 0.533 e. The van der Waals surface area contributed by atoms with Crippen molar-refractivity contribution in [3.05, 3.63) is 20.1 Å². The van der Waals surface area contributed by atoms with E-state index in [9.17, 15) is 4.79 Å². The Morgan fingerprint density at radius 2 is 1.93 bits per heavy atom. The number of hydrogen-bond acceptors (Lipinski definition) is 3. The monoisotopic (exact) mass is 470 g/mol. The summed E-state index contributed by atoms with van der Waals surface area (Å²) < 4.78 is 10.0. The molecule has 1 saturated heterocycles. The SMILES string of the molecule is BrCC1O[CH-]C[CH-]O1.[CH2-]C(C)=O.[V].[W+2]. The maximum atomic E-state index is 9.33. The van der Waals surface area contributed by atoms with Crippen LogP contribution in [0.4, 0.5) is 0 Å². The molecule has 0 spiro atoms. The zero-order valence-electron chi connectivity index (χ0n) is 7.81. The first-order valence-electron chi connectivity index (χ1n) is 3.49. The van der Waals surface area contributed by atoms with Gasteiger partial charge in [-0.1, -0.05) is 15.9 Å². The van der Waals surface area contributed by atoms with Gasteiger partial charge in [-0.25, -0.2) is 13.2 Å². The van der Waals surface area contributed by atoms with E-state index in [4.69, 9.17) is 9.47 Å². The molecule has 0 aromatic heterocycles. The Balaban J connectivity index is -0.000000180. The van der Waals surface area contributed by atoms with Gasteiger partial charge in [0.15, 0.2) is 0 Å². The summed E-state index contributed by atoms with van der Waals surface area (Å²) in [5, 5.41) is 0.722. The summed E-state index contributed by atoms with van der Waals surface area (Å²) in [5.74, 6) is -0.0833. The van der Waals surface area contributed by atoms with Crippen LogP contribution in [-0.2, 0) is 53.9 Å². The molecule has 0 aliphatic carbocycles. The summed E-state index contributed by atoms with van der Waals surface area (Å²) in [5.41, 5.74) is 0. The van der Waals surface area contributed by atoms with E-state index in [1.165, 1.54) is 6.92 Å². The van der Waals surface area contributed by atoms with Gasteiger partial charge in [0.1, 0.15) is 6.29 Å². The van der Waals surface area contributed by atoms with Crippen molar-refractivity contribution in [2.24, 2.45) is 0 Å². The Morgan fingerprint density at radius 1 is 1.57 bits per heavy atom. The molecule has 0 amide bonds. The van der Waals surface area contributed by atoms with E-state index in [0.29, 0.717) is 0 Å². The van der Waals surface area contributed by atoms with E-state index in [0.717, 1.165) is 11.8 Å². The second kappa shape index (κ2) is 14.2. The molecule has 0 unspecified atom stereocenters. The number of rotatable bonds is 1. The van der Waals surface area contributed by atoms with Crippen molar-refractivity contribution in [1.29, 1.82) is 0 Å². The van der Waals surface area contributed by atoms with Crippen LogP contribution in [0.25, 0.3) is 0 Å². The van der Waals surface area contributed by atoms with Crippen LogP contribution >= 0.6 is 15.9 Å². The van der Waals surface area contributed by atoms with Gasteiger partial charge in [-0.15, -0.1) is 0 Å². The zero-order valence-corrected chi connectivity index (χ0v) is 13.7. The normalized spacial score (nSPS) is 15.3. The number of ether oxygens (including phenoxy) is 2. The first-order valence-corrected chi connectivity index (χ1v) is 4.61. The molecule has 0 bridgehead atoms. The van der Waals surface area contributed by atoms with E-state index in [2.05, 4.69) is 22.9 Å². The quantitative estimate of drug-likeness (QED) is 0.434. The predicted octanol–water partition coefficient (Wildman–Crippen LogP) is 1.87. The molecule has 1 heterocycles. The number of Topliss-reactive ketones (excluding diaryl/α,β-unsaturated/α-hetero) is 1. The average Bonchev–Trinajstić information content (AvgIpc) is 2.05. The molecule has 81 valence electrons. The van der Waals surface area contributed by atoms with Crippen molar-refractivity contribution in [2.45, 2.75) is 19.6 Å². The summed E-state index contributed by atoms with van der Waals surface area (Å²) in [6.45, 7) is 7.88. The van der Waals surface area contributed by atoms with Gasteiger partial charge >= 0.3 is 21.1 Å². The van der Waals surface area contributed by atoms with Crippen molar-refractivity contribution >= 4 is 21.7 Å². The van der Waals surface area contributed by atoms with Gasteiger partial charge in [0.25, 0.3) is 0 Å². The molecule has 0 aromatic carbocycles. The summed E-state index contributed by atoms with van der Waals surface area (Å²) >= 11 is 3.22. The van der Waals surface area contributed by atoms with Crippen molar-refractivity contribution in [1.82, 2.24) is 0 Å².